The molecule has 126 valence electrons. The second-order valence-electron chi connectivity index (χ2n) is 5.60. The largest absolute Gasteiger partial charge is 0.507 e. The highest BCUT2D eigenvalue weighted by Gasteiger charge is 2.14. The number of carboxylic acids is 1. The van der Waals surface area contributed by atoms with Crippen LogP contribution in [0, 0.1) is 18.3 Å². The molecule has 4 heteroatoms. The number of rotatable bonds is 7. The van der Waals surface area contributed by atoms with Gasteiger partial charge in [-0.15, -0.1) is 0 Å². The number of unbranched alkanes of at least 4 members (excludes halogenated alkanes) is 1. The molecule has 1 rings (SSSR count). The van der Waals surface area contributed by atoms with Crippen molar-refractivity contribution in [3.8, 4) is 6.07 Å². The number of nitrogens with zero attached hydrogens (tertiary/aromatic N) is 1. The maximum Gasteiger partial charge on any atom is 0.339 e. The second kappa shape index (κ2) is 8.73. The minimum atomic E-state index is -1.23. The van der Waals surface area contributed by atoms with E-state index < -0.39 is 5.97 Å². The number of nitriles is 1. The van der Waals surface area contributed by atoms with Crippen LogP contribution < -0.4 is 0 Å². The molecule has 0 saturated carbocycles. The predicted octanol–water partition coefficient (Wildman–Crippen LogP) is 4.70. The van der Waals surface area contributed by atoms with Crippen LogP contribution in [-0.2, 0) is 11.2 Å². The summed E-state index contributed by atoms with van der Waals surface area (Å²) in [7, 11) is 0. The lowest BCUT2D eigenvalue weighted by molar-refractivity contribution is -0.132. The van der Waals surface area contributed by atoms with Crippen molar-refractivity contribution in [1.82, 2.24) is 0 Å². The van der Waals surface area contributed by atoms with Gasteiger partial charge in [0.2, 0.25) is 0 Å². The zero-order valence-electron chi connectivity index (χ0n) is 14.4. The molecular weight excluding hydrogens is 302 g/mol. The first-order valence-corrected chi connectivity index (χ1v) is 7.89. The molecule has 0 saturated heterocycles. The smallest absolute Gasteiger partial charge is 0.339 e. The highest BCUT2D eigenvalue weighted by atomic mass is 16.4. The fourth-order valence-electron chi connectivity index (χ4n) is 2.45. The van der Waals surface area contributed by atoms with Crippen molar-refractivity contribution in [3.63, 3.8) is 0 Å². The molecule has 0 aliphatic rings. The first-order valence-electron chi connectivity index (χ1n) is 7.89. The molecule has 4 nitrogen and oxygen atoms in total. The molecular formula is C20H23NO3. The van der Waals surface area contributed by atoms with E-state index in [9.17, 15) is 20.3 Å². The average Bonchev–Trinajstić information content (AvgIpc) is 2.56. The molecule has 0 aromatic heterocycles. The van der Waals surface area contributed by atoms with E-state index in [0.29, 0.717) is 16.7 Å². The summed E-state index contributed by atoms with van der Waals surface area (Å²) in [5, 5.41) is 28.3. The Kier molecular flexibility index (Phi) is 7.00. The molecule has 0 spiro atoms. The summed E-state index contributed by atoms with van der Waals surface area (Å²) >= 11 is 0. The predicted molar refractivity (Wildman–Crippen MR) is 95.6 cm³/mol. The van der Waals surface area contributed by atoms with Gasteiger partial charge in [0, 0.05) is 0 Å². The van der Waals surface area contributed by atoms with Gasteiger partial charge < -0.3 is 10.2 Å². The first kappa shape index (κ1) is 19.2. The highest BCUT2D eigenvalue weighted by molar-refractivity contribution is 5.94. The third-order valence-electron chi connectivity index (χ3n) is 3.84. The number of hydrogen-bond acceptors (Lipinski definition) is 3. The van der Waals surface area contributed by atoms with Gasteiger partial charge in [-0.3, -0.25) is 0 Å². The minimum absolute atomic E-state index is 0.228. The summed E-state index contributed by atoms with van der Waals surface area (Å²) < 4.78 is 0. The van der Waals surface area contributed by atoms with Crippen LogP contribution in [-0.4, -0.2) is 16.2 Å². The molecule has 0 radical (unpaired) electrons. The van der Waals surface area contributed by atoms with Crippen LogP contribution in [0.3, 0.4) is 0 Å². The van der Waals surface area contributed by atoms with Crippen molar-refractivity contribution in [2.75, 3.05) is 0 Å². The van der Waals surface area contributed by atoms with Crippen LogP contribution >= 0.6 is 0 Å². The third kappa shape index (κ3) is 4.60. The number of carboxylic acid groups (broad SMARTS) is 1. The maximum atomic E-state index is 11.3. The molecule has 24 heavy (non-hydrogen) atoms. The molecule has 0 heterocycles. The normalized spacial score (nSPS) is 11.9. The fourth-order valence-corrected chi connectivity index (χ4v) is 2.45. The van der Waals surface area contributed by atoms with Crippen molar-refractivity contribution in [2.24, 2.45) is 0 Å². The molecule has 0 unspecified atom stereocenters. The number of aliphatic hydroxyl groups is 1. The molecule has 1 aromatic carbocycles. The Bertz CT molecular complexity index is 749. The Morgan fingerprint density at radius 1 is 1.38 bits per heavy atom. The van der Waals surface area contributed by atoms with Crippen molar-refractivity contribution in [1.29, 1.82) is 5.26 Å². The van der Waals surface area contributed by atoms with Gasteiger partial charge >= 0.3 is 5.97 Å². The lowest BCUT2D eigenvalue weighted by Crippen LogP contribution is -2.04. The average molecular weight is 325 g/mol. The quantitative estimate of drug-likeness (QED) is 0.433. The van der Waals surface area contributed by atoms with Crippen molar-refractivity contribution in [2.45, 2.75) is 40.0 Å². The van der Waals surface area contributed by atoms with E-state index in [-0.39, 0.29) is 11.3 Å². The van der Waals surface area contributed by atoms with Gasteiger partial charge in [-0.25, -0.2) is 4.79 Å². The van der Waals surface area contributed by atoms with E-state index >= 15 is 0 Å². The molecule has 0 fully saturated rings. The maximum absolute atomic E-state index is 11.3. The summed E-state index contributed by atoms with van der Waals surface area (Å²) in [5.41, 5.74) is 3.47. The topological polar surface area (TPSA) is 81.3 Å². The van der Waals surface area contributed by atoms with E-state index in [4.69, 9.17) is 0 Å². The SMILES string of the molecule is C=C(/C=C(C(=O)O)\C(O)=C/C)c1cc(C)c(CCCC)c(C#N)c1. The fraction of sp³-hybridized carbons (Fsp3) is 0.300. The van der Waals surface area contributed by atoms with Crippen LogP contribution in [0.2, 0.25) is 0 Å². The van der Waals surface area contributed by atoms with Crippen LogP contribution in [0.25, 0.3) is 5.57 Å². The van der Waals surface area contributed by atoms with Crippen LogP contribution in [0.15, 0.2) is 42.2 Å². The van der Waals surface area contributed by atoms with E-state index in [1.165, 1.54) is 12.2 Å². The standard InChI is InChI=1S/C20H23NO3/c1-5-7-8-17-14(4)9-15(11-16(17)12-21)13(3)10-18(20(23)24)19(22)6-2/h6,9-11,22H,3,5,7-8H2,1-2,4H3,(H,23,24)/b18-10+,19-6+. The van der Waals surface area contributed by atoms with Gasteiger partial charge in [-0.1, -0.05) is 26.0 Å². The van der Waals surface area contributed by atoms with Crippen LogP contribution in [0.1, 0.15) is 48.9 Å². The molecule has 0 bridgehead atoms. The van der Waals surface area contributed by atoms with E-state index in [1.807, 2.05) is 13.0 Å². The zero-order chi connectivity index (χ0) is 18.3. The Morgan fingerprint density at radius 2 is 2.04 bits per heavy atom. The van der Waals surface area contributed by atoms with Gasteiger partial charge in [-0.2, -0.15) is 5.26 Å². The summed E-state index contributed by atoms with van der Waals surface area (Å²) in [4.78, 5) is 11.3. The molecule has 0 aliphatic carbocycles. The van der Waals surface area contributed by atoms with Crippen molar-refractivity contribution in [3.05, 3.63) is 64.4 Å². The molecule has 0 atom stereocenters. The Balaban J connectivity index is 3.32. The number of carbonyl (C=O) groups is 1. The van der Waals surface area contributed by atoms with Crippen molar-refractivity contribution >= 4 is 11.5 Å². The molecule has 0 aliphatic heterocycles. The number of aryl methyl sites for hydroxylation is 1. The number of hydrogen-bond donors (Lipinski definition) is 2. The first-order chi connectivity index (χ1) is 11.3. The zero-order valence-corrected chi connectivity index (χ0v) is 14.4. The van der Waals surface area contributed by atoms with Gasteiger partial charge in [0.05, 0.1) is 11.6 Å². The number of allylic oxidation sites excluding steroid dienone is 3. The van der Waals surface area contributed by atoms with Gasteiger partial charge in [0.25, 0.3) is 0 Å². The summed E-state index contributed by atoms with van der Waals surface area (Å²) in [6.45, 7) is 9.47. The number of aliphatic hydroxyl groups excluding tert-OH is 1. The molecule has 1 aromatic rings. The molecule has 2 N–H and O–H groups in total. The number of aliphatic carboxylic acids is 1. The lowest BCUT2D eigenvalue weighted by Gasteiger charge is -2.12. The number of benzene rings is 1. The summed E-state index contributed by atoms with van der Waals surface area (Å²) in [6, 6.07) is 5.84. The Hall–Kier alpha value is -2.80. The van der Waals surface area contributed by atoms with E-state index in [2.05, 4.69) is 19.6 Å². The van der Waals surface area contributed by atoms with Gasteiger partial charge in [0.1, 0.15) is 11.3 Å². The van der Waals surface area contributed by atoms with E-state index in [0.717, 1.165) is 30.4 Å². The highest BCUT2D eigenvalue weighted by Crippen LogP contribution is 2.25. The third-order valence-corrected chi connectivity index (χ3v) is 3.84. The lowest BCUT2D eigenvalue weighted by atomic mass is 9.92. The molecule has 0 amide bonds. The monoisotopic (exact) mass is 325 g/mol. The van der Waals surface area contributed by atoms with Gasteiger partial charge in [0.15, 0.2) is 0 Å². The van der Waals surface area contributed by atoms with Crippen LogP contribution in [0.4, 0.5) is 0 Å². The van der Waals surface area contributed by atoms with Crippen molar-refractivity contribution < 1.29 is 15.0 Å². The Labute approximate surface area is 143 Å². The van der Waals surface area contributed by atoms with Gasteiger partial charge in [-0.05, 0) is 67.2 Å². The second-order valence-corrected chi connectivity index (χ2v) is 5.60. The summed E-state index contributed by atoms with van der Waals surface area (Å²) in [6.07, 6.45) is 5.53. The summed E-state index contributed by atoms with van der Waals surface area (Å²) in [5.74, 6) is -1.55. The Morgan fingerprint density at radius 3 is 2.54 bits per heavy atom. The van der Waals surface area contributed by atoms with Crippen LogP contribution in [0.5, 0.6) is 0 Å². The minimum Gasteiger partial charge on any atom is -0.507 e. The van der Waals surface area contributed by atoms with E-state index in [1.54, 1.807) is 13.0 Å².